The van der Waals surface area contributed by atoms with Crippen LogP contribution in [0, 0.1) is 12.3 Å². The second-order valence-corrected chi connectivity index (χ2v) is 7.57. The molecule has 3 amide bonds. The lowest BCUT2D eigenvalue weighted by atomic mass is 9.81. The zero-order valence-electron chi connectivity index (χ0n) is 15.3. The van der Waals surface area contributed by atoms with E-state index >= 15 is 0 Å². The Morgan fingerprint density at radius 2 is 1.92 bits per heavy atom. The molecule has 2 rings (SSSR count). The molecular weight excluding hydrogens is 302 g/mol. The summed E-state index contributed by atoms with van der Waals surface area (Å²) < 4.78 is 0. The molecule has 1 heterocycles. The number of nitrogens with zero attached hydrogens (tertiary/aromatic N) is 1. The molecule has 1 fully saturated rings. The van der Waals surface area contributed by atoms with Crippen molar-refractivity contribution in [1.82, 2.24) is 15.5 Å². The highest BCUT2D eigenvalue weighted by Gasteiger charge is 2.36. The van der Waals surface area contributed by atoms with Crippen LogP contribution in [0.3, 0.4) is 0 Å². The number of hydrogen-bond acceptors (Lipinski definition) is 2. The molecular formula is C19H29N3O2. The Kier molecular flexibility index (Phi) is 5.52. The summed E-state index contributed by atoms with van der Waals surface area (Å²) in [5.41, 5.74) is 2.14. The lowest BCUT2D eigenvalue weighted by Crippen LogP contribution is -2.51. The van der Waals surface area contributed by atoms with Crippen LogP contribution in [-0.2, 0) is 4.79 Å². The van der Waals surface area contributed by atoms with E-state index in [2.05, 4.69) is 50.5 Å². The van der Waals surface area contributed by atoms with Crippen LogP contribution in [0.25, 0.3) is 0 Å². The van der Waals surface area contributed by atoms with E-state index in [1.54, 1.807) is 11.9 Å². The average Bonchev–Trinajstić information content (AvgIpc) is 3.01. The lowest BCUT2D eigenvalue weighted by molar-refractivity contribution is -0.124. The first-order valence-corrected chi connectivity index (χ1v) is 8.60. The molecule has 1 aromatic carbocycles. The van der Waals surface area contributed by atoms with Crippen LogP contribution < -0.4 is 10.6 Å². The fourth-order valence-electron chi connectivity index (χ4n) is 3.33. The maximum atomic E-state index is 12.9. The Bertz CT molecular complexity index is 607. The molecule has 2 N–H and O–H groups in total. The minimum absolute atomic E-state index is 0.0918. The number of aryl methyl sites for hydroxylation is 1. The first-order valence-electron chi connectivity index (χ1n) is 8.60. The smallest absolute Gasteiger partial charge is 0.318 e. The van der Waals surface area contributed by atoms with E-state index < -0.39 is 0 Å². The number of carbonyl (C=O) groups is 2. The number of likely N-dealkylation sites (tertiary alicyclic amines) is 1. The van der Waals surface area contributed by atoms with Gasteiger partial charge in [-0.25, -0.2) is 4.79 Å². The van der Waals surface area contributed by atoms with E-state index in [9.17, 15) is 9.59 Å². The van der Waals surface area contributed by atoms with Crippen LogP contribution in [-0.4, -0.2) is 36.5 Å². The number of hydrogen-bond donors (Lipinski definition) is 2. The summed E-state index contributed by atoms with van der Waals surface area (Å²) in [5, 5.41) is 5.83. The molecule has 0 spiro atoms. The van der Waals surface area contributed by atoms with E-state index in [0.717, 1.165) is 24.0 Å². The molecule has 132 valence electrons. The van der Waals surface area contributed by atoms with Crippen molar-refractivity contribution in [2.75, 3.05) is 13.6 Å². The number of benzene rings is 1. The van der Waals surface area contributed by atoms with Gasteiger partial charge in [0.25, 0.3) is 0 Å². The molecule has 5 heteroatoms. The van der Waals surface area contributed by atoms with Crippen LogP contribution >= 0.6 is 0 Å². The number of urea groups is 1. The average molecular weight is 331 g/mol. The normalized spacial score (nSPS) is 19.0. The number of nitrogens with one attached hydrogen (secondary N) is 2. The maximum Gasteiger partial charge on any atom is 0.318 e. The molecule has 5 nitrogen and oxygen atoms in total. The van der Waals surface area contributed by atoms with Gasteiger partial charge in [0.1, 0.15) is 6.04 Å². The predicted molar refractivity (Wildman–Crippen MR) is 95.7 cm³/mol. The molecule has 24 heavy (non-hydrogen) atoms. The summed E-state index contributed by atoms with van der Waals surface area (Å²) in [6, 6.07) is 7.47. The molecule has 1 aliphatic heterocycles. The first kappa shape index (κ1) is 18.3. The largest absolute Gasteiger partial charge is 0.357 e. The third kappa shape index (κ3) is 3.89. The minimum Gasteiger partial charge on any atom is -0.357 e. The van der Waals surface area contributed by atoms with Crippen molar-refractivity contribution in [3.8, 4) is 0 Å². The highest BCUT2D eigenvalue weighted by molar-refractivity contribution is 5.87. The zero-order valence-corrected chi connectivity index (χ0v) is 15.3. The standard InChI is InChI=1S/C19H29N3O2/c1-13-9-6-7-10-14(13)16(19(2,3)4)21-18(24)22-12-8-11-15(22)17(23)20-5/h6-7,9-10,15-16H,8,11-12H2,1-5H3,(H,20,23)(H,21,24)/t15-,16+/m0/s1. The molecule has 1 aliphatic rings. The number of rotatable bonds is 3. The lowest BCUT2D eigenvalue weighted by Gasteiger charge is -2.35. The number of amides is 3. The van der Waals surface area contributed by atoms with Gasteiger partial charge in [0.2, 0.25) is 5.91 Å². The third-order valence-corrected chi connectivity index (χ3v) is 4.70. The van der Waals surface area contributed by atoms with Crippen molar-refractivity contribution in [3.63, 3.8) is 0 Å². The van der Waals surface area contributed by atoms with Crippen molar-refractivity contribution >= 4 is 11.9 Å². The van der Waals surface area contributed by atoms with Gasteiger partial charge in [0.05, 0.1) is 6.04 Å². The van der Waals surface area contributed by atoms with Crippen LogP contribution in [0.15, 0.2) is 24.3 Å². The summed E-state index contributed by atoms with van der Waals surface area (Å²) in [6.45, 7) is 9.03. The molecule has 1 saturated heterocycles. The van der Waals surface area contributed by atoms with Crippen molar-refractivity contribution < 1.29 is 9.59 Å². The second kappa shape index (κ2) is 7.24. The monoisotopic (exact) mass is 331 g/mol. The number of carbonyl (C=O) groups excluding carboxylic acids is 2. The molecule has 1 aromatic rings. The minimum atomic E-state index is -0.368. The summed E-state index contributed by atoms with van der Waals surface area (Å²) in [5.74, 6) is -0.0918. The SMILES string of the molecule is CNC(=O)[C@@H]1CCCN1C(=O)N[C@H](c1ccccc1C)C(C)(C)C. The quantitative estimate of drug-likeness (QED) is 0.894. The van der Waals surface area contributed by atoms with E-state index in [-0.39, 0.29) is 29.4 Å². The molecule has 2 atom stereocenters. The highest BCUT2D eigenvalue weighted by atomic mass is 16.2. The summed E-state index contributed by atoms with van der Waals surface area (Å²) in [4.78, 5) is 26.5. The molecule has 0 aromatic heterocycles. The van der Waals surface area contributed by atoms with Crippen molar-refractivity contribution in [2.24, 2.45) is 5.41 Å². The fraction of sp³-hybridized carbons (Fsp3) is 0.579. The summed E-state index contributed by atoms with van der Waals surface area (Å²) in [6.07, 6.45) is 1.58. The van der Waals surface area contributed by atoms with Gasteiger partial charge in [0, 0.05) is 13.6 Å². The van der Waals surface area contributed by atoms with Gasteiger partial charge in [-0.15, -0.1) is 0 Å². The van der Waals surface area contributed by atoms with Crippen LogP contribution in [0.5, 0.6) is 0 Å². The number of likely N-dealkylation sites (N-methyl/N-ethyl adjacent to an activating group) is 1. The molecule has 0 aliphatic carbocycles. The van der Waals surface area contributed by atoms with E-state index in [1.165, 1.54) is 0 Å². The fourth-order valence-corrected chi connectivity index (χ4v) is 3.33. The van der Waals surface area contributed by atoms with Gasteiger partial charge in [-0.05, 0) is 36.3 Å². The van der Waals surface area contributed by atoms with Gasteiger partial charge in [-0.3, -0.25) is 4.79 Å². The van der Waals surface area contributed by atoms with Crippen molar-refractivity contribution in [2.45, 2.75) is 52.6 Å². The van der Waals surface area contributed by atoms with Crippen molar-refractivity contribution in [3.05, 3.63) is 35.4 Å². The predicted octanol–water partition coefficient (Wildman–Crippen LogP) is 3.00. The molecule has 0 bridgehead atoms. The Morgan fingerprint density at radius 3 is 2.50 bits per heavy atom. The third-order valence-electron chi connectivity index (χ3n) is 4.70. The molecule has 0 saturated carbocycles. The highest BCUT2D eigenvalue weighted by Crippen LogP contribution is 2.34. The van der Waals surface area contributed by atoms with Crippen molar-refractivity contribution in [1.29, 1.82) is 0 Å². The summed E-state index contributed by atoms with van der Waals surface area (Å²) in [7, 11) is 1.61. The first-order chi connectivity index (χ1) is 11.3. The van der Waals surface area contributed by atoms with Gasteiger partial charge >= 0.3 is 6.03 Å². The topological polar surface area (TPSA) is 61.4 Å². The van der Waals surface area contributed by atoms with E-state index in [1.807, 2.05) is 12.1 Å². The molecule has 0 unspecified atom stereocenters. The van der Waals surface area contributed by atoms with Gasteiger partial charge in [-0.2, -0.15) is 0 Å². The van der Waals surface area contributed by atoms with E-state index in [0.29, 0.717) is 6.54 Å². The van der Waals surface area contributed by atoms with Crippen LogP contribution in [0.1, 0.15) is 50.8 Å². The zero-order chi connectivity index (χ0) is 17.9. The Balaban J connectivity index is 2.23. The molecule has 0 radical (unpaired) electrons. The maximum absolute atomic E-state index is 12.9. The summed E-state index contributed by atoms with van der Waals surface area (Å²) >= 11 is 0. The van der Waals surface area contributed by atoms with Crippen LogP contribution in [0.2, 0.25) is 0 Å². The van der Waals surface area contributed by atoms with Crippen LogP contribution in [0.4, 0.5) is 4.79 Å². The Morgan fingerprint density at radius 1 is 1.25 bits per heavy atom. The Labute approximate surface area is 144 Å². The van der Waals surface area contributed by atoms with Gasteiger partial charge in [0.15, 0.2) is 0 Å². The van der Waals surface area contributed by atoms with Gasteiger partial charge < -0.3 is 15.5 Å². The Hall–Kier alpha value is -2.04. The second-order valence-electron chi connectivity index (χ2n) is 7.57. The van der Waals surface area contributed by atoms with E-state index in [4.69, 9.17) is 0 Å². The van der Waals surface area contributed by atoms with Gasteiger partial charge in [-0.1, -0.05) is 45.0 Å².